The van der Waals surface area contributed by atoms with Crippen molar-refractivity contribution in [3.05, 3.63) is 46.4 Å². The molecule has 0 N–H and O–H groups in total. The van der Waals surface area contributed by atoms with Crippen LogP contribution in [0.15, 0.2) is 34.9 Å². The van der Waals surface area contributed by atoms with Crippen LogP contribution in [0.2, 0.25) is 0 Å². The van der Waals surface area contributed by atoms with E-state index in [1.807, 2.05) is 16.9 Å². The molecule has 0 unspecified atom stereocenters. The predicted octanol–water partition coefficient (Wildman–Crippen LogP) is 4.72. The highest BCUT2D eigenvalue weighted by Gasteiger charge is 2.09. The molecule has 1 heterocycles. The van der Waals surface area contributed by atoms with Gasteiger partial charge in [0.1, 0.15) is 18.2 Å². The Hall–Kier alpha value is -1.36. The minimum Gasteiger partial charge on any atom is -0.486 e. The van der Waals surface area contributed by atoms with Crippen LogP contribution in [0, 0.1) is 5.82 Å². The van der Waals surface area contributed by atoms with E-state index in [0.29, 0.717) is 22.9 Å². The van der Waals surface area contributed by atoms with Crippen molar-refractivity contribution in [3.63, 3.8) is 0 Å². The molecule has 0 radical (unpaired) electrons. The van der Waals surface area contributed by atoms with Crippen LogP contribution < -0.4 is 4.74 Å². The molecule has 0 atom stereocenters. The monoisotopic (exact) mass is 340 g/mol. The predicted molar refractivity (Wildman–Crippen MR) is 80.3 cm³/mol. The Morgan fingerprint density at radius 3 is 2.70 bits per heavy atom. The van der Waals surface area contributed by atoms with Crippen molar-refractivity contribution in [1.82, 2.24) is 9.78 Å². The lowest BCUT2D eigenvalue weighted by Gasteiger charge is -2.12. The maximum absolute atomic E-state index is 13.0. The maximum Gasteiger partial charge on any atom is 0.134 e. The second-order valence-corrected chi connectivity index (χ2v) is 5.48. The Morgan fingerprint density at radius 1 is 1.30 bits per heavy atom. The van der Waals surface area contributed by atoms with Crippen molar-refractivity contribution in [2.75, 3.05) is 0 Å². The van der Waals surface area contributed by atoms with Crippen LogP contribution >= 0.6 is 15.9 Å². The highest BCUT2D eigenvalue weighted by atomic mass is 79.9. The molecule has 0 saturated carbocycles. The molecule has 0 aliphatic heterocycles. The number of rotatable bonds is 6. The largest absolute Gasteiger partial charge is 0.486 e. The summed E-state index contributed by atoms with van der Waals surface area (Å²) in [6.07, 6.45) is 4.10. The molecule has 1 aromatic heterocycles. The molecule has 0 amide bonds. The minimum atomic E-state index is -0.290. The second-order valence-electron chi connectivity index (χ2n) is 4.62. The van der Waals surface area contributed by atoms with Gasteiger partial charge in [-0.25, -0.2) is 4.39 Å². The molecule has 20 heavy (non-hydrogen) atoms. The Balaban J connectivity index is 2.00. The first-order valence-corrected chi connectivity index (χ1v) is 7.55. The SMILES string of the molecule is CCC(CC)n1ccc(COc2ccc(F)cc2Br)n1. The summed E-state index contributed by atoms with van der Waals surface area (Å²) in [5.74, 6) is 0.325. The van der Waals surface area contributed by atoms with Crippen LogP contribution in [0.5, 0.6) is 5.75 Å². The summed E-state index contributed by atoms with van der Waals surface area (Å²) < 4.78 is 21.2. The molecular weight excluding hydrogens is 323 g/mol. The molecule has 108 valence electrons. The zero-order valence-corrected chi connectivity index (χ0v) is 13.2. The van der Waals surface area contributed by atoms with Gasteiger partial charge < -0.3 is 4.74 Å². The summed E-state index contributed by atoms with van der Waals surface area (Å²) in [4.78, 5) is 0. The molecule has 0 saturated heterocycles. The summed E-state index contributed by atoms with van der Waals surface area (Å²) >= 11 is 3.28. The van der Waals surface area contributed by atoms with Crippen LogP contribution in [-0.2, 0) is 6.61 Å². The Kier molecular flexibility index (Phi) is 5.17. The molecule has 0 spiro atoms. The average molecular weight is 341 g/mol. The number of hydrogen-bond acceptors (Lipinski definition) is 2. The van der Waals surface area contributed by atoms with E-state index in [1.165, 1.54) is 12.1 Å². The number of halogens is 2. The summed E-state index contributed by atoms with van der Waals surface area (Å²) in [6.45, 7) is 4.68. The van der Waals surface area contributed by atoms with Crippen LogP contribution in [0.3, 0.4) is 0 Å². The van der Waals surface area contributed by atoms with E-state index in [1.54, 1.807) is 6.07 Å². The van der Waals surface area contributed by atoms with Gasteiger partial charge in [-0.15, -0.1) is 0 Å². The van der Waals surface area contributed by atoms with Gasteiger partial charge in [0, 0.05) is 6.20 Å². The van der Waals surface area contributed by atoms with Crippen molar-refractivity contribution >= 4 is 15.9 Å². The quantitative estimate of drug-likeness (QED) is 0.760. The number of nitrogens with zero attached hydrogens (tertiary/aromatic N) is 2. The summed E-state index contributed by atoms with van der Waals surface area (Å²) in [5.41, 5.74) is 0.869. The first-order chi connectivity index (χ1) is 9.63. The zero-order chi connectivity index (χ0) is 14.5. The smallest absolute Gasteiger partial charge is 0.134 e. The van der Waals surface area contributed by atoms with Crippen LogP contribution in [0.1, 0.15) is 38.4 Å². The van der Waals surface area contributed by atoms with Crippen LogP contribution in [-0.4, -0.2) is 9.78 Å². The topological polar surface area (TPSA) is 27.1 Å². The number of aromatic nitrogens is 2. The Morgan fingerprint density at radius 2 is 2.05 bits per heavy atom. The van der Waals surface area contributed by atoms with Gasteiger partial charge in [-0.1, -0.05) is 13.8 Å². The van der Waals surface area contributed by atoms with E-state index in [9.17, 15) is 4.39 Å². The van der Waals surface area contributed by atoms with Crippen molar-refractivity contribution in [2.45, 2.75) is 39.3 Å². The second kappa shape index (κ2) is 6.88. The summed E-state index contributed by atoms with van der Waals surface area (Å²) in [5, 5.41) is 4.52. The fraction of sp³-hybridized carbons (Fsp3) is 0.400. The van der Waals surface area contributed by atoms with E-state index >= 15 is 0 Å². The van der Waals surface area contributed by atoms with Gasteiger partial charge in [-0.2, -0.15) is 5.10 Å². The third-order valence-corrected chi connectivity index (χ3v) is 3.87. The standard InChI is InChI=1S/C15H18BrFN2O/c1-3-13(4-2)19-8-7-12(18-19)10-20-15-6-5-11(17)9-14(15)16/h5-9,13H,3-4,10H2,1-2H3. The molecule has 3 nitrogen and oxygen atoms in total. The van der Waals surface area contributed by atoms with Gasteiger partial charge in [0.2, 0.25) is 0 Å². The molecule has 5 heteroatoms. The maximum atomic E-state index is 13.0. The molecular formula is C15H18BrFN2O. The number of benzene rings is 1. The summed E-state index contributed by atoms with van der Waals surface area (Å²) in [6, 6.07) is 6.76. The lowest BCUT2D eigenvalue weighted by molar-refractivity contribution is 0.295. The van der Waals surface area contributed by atoms with Gasteiger partial charge in [0.15, 0.2) is 0 Å². The molecule has 0 aliphatic carbocycles. The third-order valence-electron chi connectivity index (χ3n) is 3.25. The Bertz CT molecular complexity index is 567. The lowest BCUT2D eigenvalue weighted by atomic mass is 10.2. The van der Waals surface area contributed by atoms with E-state index in [4.69, 9.17) is 4.74 Å². The van der Waals surface area contributed by atoms with Crippen LogP contribution in [0.25, 0.3) is 0 Å². The molecule has 1 aromatic carbocycles. The normalized spacial score (nSPS) is 11.1. The Labute approximate surface area is 126 Å². The van der Waals surface area contributed by atoms with Gasteiger partial charge >= 0.3 is 0 Å². The van der Waals surface area contributed by atoms with Crippen molar-refractivity contribution in [2.24, 2.45) is 0 Å². The number of ether oxygens (including phenoxy) is 1. The zero-order valence-electron chi connectivity index (χ0n) is 11.6. The molecule has 0 fully saturated rings. The highest BCUT2D eigenvalue weighted by molar-refractivity contribution is 9.10. The molecule has 2 aromatic rings. The summed E-state index contributed by atoms with van der Waals surface area (Å²) in [7, 11) is 0. The van der Waals surface area contributed by atoms with Crippen molar-refractivity contribution in [3.8, 4) is 5.75 Å². The number of hydrogen-bond donors (Lipinski definition) is 0. The third kappa shape index (κ3) is 3.60. The lowest BCUT2D eigenvalue weighted by Crippen LogP contribution is -2.08. The van der Waals surface area contributed by atoms with E-state index in [0.717, 1.165) is 18.5 Å². The van der Waals surface area contributed by atoms with Crippen molar-refractivity contribution < 1.29 is 9.13 Å². The molecule has 2 rings (SSSR count). The van der Waals surface area contributed by atoms with Gasteiger partial charge in [0.25, 0.3) is 0 Å². The first-order valence-electron chi connectivity index (χ1n) is 6.76. The molecule has 0 bridgehead atoms. The minimum absolute atomic E-state index is 0.290. The average Bonchev–Trinajstić information content (AvgIpc) is 2.88. The van der Waals surface area contributed by atoms with E-state index in [2.05, 4.69) is 34.9 Å². The van der Waals surface area contributed by atoms with E-state index in [-0.39, 0.29) is 5.82 Å². The van der Waals surface area contributed by atoms with Gasteiger partial charge in [-0.05, 0) is 53.0 Å². The van der Waals surface area contributed by atoms with Gasteiger partial charge in [-0.3, -0.25) is 4.68 Å². The molecule has 0 aliphatic rings. The van der Waals surface area contributed by atoms with E-state index < -0.39 is 0 Å². The first kappa shape index (κ1) is 15.0. The fourth-order valence-corrected chi connectivity index (χ4v) is 2.53. The fourth-order valence-electron chi connectivity index (χ4n) is 2.06. The highest BCUT2D eigenvalue weighted by Crippen LogP contribution is 2.26. The van der Waals surface area contributed by atoms with Gasteiger partial charge in [0.05, 0.1) is 16.2 Å². The van der Waals surface area contributed by atoms with Crippen molar-refractivity contribution in [1.29, 1.82) is 0 Å². The van der Waals surface area contributed by atoms with Crippen LogP contribution in [0.4, 0.5) is 4.39 Å².